The summed E-state index contributed by atoms with van der Waals surface area (Å²) in [6, 6.07) is 19.2. The predicted octanol–water partition coefficient (Wildman–Crippen LogP) is 4.52. The van der Waals surface area contributed by atoms with Crippen LogP contribution in [0, 0.1) is 5.82 Å². The molecule has 0 aliphatic carbocycles. The number of hydrogen-bond donors (Lipinski definition) is 1. The van der Waals surface area contributed by atoms with E-state index in [9.17, 15) is 4.39 Å². The van der Waals surface area contributed by atoms with Crippen LogP contribution in [0.25, 0.3) is 0 Å². The minimum atomic E-state index is -0.302. The van der Waals surface area contributed by atoms with E-state index in [1.54, 1.807) is 43.0 Å². The van der Waals surface area contributed by atoms with Crippen molar-refractivity contribution in [3.8, 4) is 0 Å². The maximum absolute atomic E-state index is 13.6. The summed E-state index contributed by atoms with van der Waals surface area (Å²) < 4.78 is 13.6. The predicted molar refractivity (Wildman–Crippen MR) is 108 cm³/mol. The van der Waals surface area contributed by atoms with Gasteiger partial charge in [0.15, 0.2) is 0 Å². The van der Waals surface area contributed by atoms with E-state index in [4.69, 9.17) is 5.73 Å². The van der Waals surface area contributed by atoms with Gasteiger partial charge in [-0.05, 0) is 59.7 Å². The van der Waals surface area contributed by atoms with E-state index in [1.807, 2.05) is 41.3 Å². The lowest BCUT2D eigenvalue weighted by atomic mass is 9.99. The SMILES string of the molecule is Nc1cccc(N(c2ccc(F)cc2)C(c2cccnc2)c2cccnc2)n1. The maximum atomic E-state index is 13.6. The smallest absolute Gasteiger partial charge is 0.136 e. The number of hydrogen-bond acceptors (Lipinski definition) is 5. The van der Waals surface area contributed by atoms with Crippen molar-refractivity contribution in [2.45, 2.75) is 6.04 Å². The number of nitrogen functional groups attached to an aromatic ring is 1. The van der Waals surface area contributed by atoms with Crippen molar-refractivity contribution in [2.24, 2.45) is 0 Å². The molecule has 0 aliphatic heterocycles. The Bertz CT molecular complexity index is 1000. The zero-order valence-corrected chi connectivity index (χ0v) is 15.0. The summed E-state index contributed by atoms with van der Waals surface area (Å²) in [5.74, 6) is 0.744. The maximum Gasteiger partial charge on any atom is 0.136 e. The van der Waals surface area contributed by atoms with Gasteiger partial charge in [0.05, 0.1) is 6.04 Å². The fourth-order valence-corrected chi connectivity index (χ4v) is 3.16. The van der Waals surface area contributed by atoms with Gasteiger partial charge in [-0.3, -0.25) is 9.97 Å². The van der Waals surface area contributed by atoms with Gasteiger partial charge in [-0.25, -0.2) is 9.37 Å². The van der Waals surface area contributed by atoms with Gasteiger partial charge in [-0.1, -0.05) is 18.2 Å². The monoisotopic (exact) mass is 371 g/mol. The third-order valence-corrected chi connectivity index (χ3v) is 4.37. The number of nitrogens with zero attached hydrogens (tertiary/aromatic N) is 4. The lowest BCUT2D eigenvalue weighted by Gasteiger charge is -2.33. The van der Waals surface area contributed by atoms with Gasteiger partial charge in [-0.15, -0.1) is 0 Å². The van der Waals surface area contributed by atoms with E-state index in [2.05, 4.69) is 15.0 Å². The Hall–Kier alpha value is -3.80. The van der Waals surface area contributed by atoms with E-state index < -0.39 is 0 Å². The molecular weight excluding hydrogens is 353 g/mol. The van der Waals surface area contributed by atoms with Crippen LogP contribution in [0.1, 0.15) is 17.2 Å². The summed E-state index contributed by atoms with van der Waals surface area (Å²) in [4.78, 5) is 15.1. The average molecular weight is 371 g/mol. The third kappa shape index (κ3) is 3.66. The summed E-state index contributed by atoms with van der Waals surface area (Å²) in [5.41, 5.74) is 8.63. The fraction of sp³-hybridized carbons (Fsp3) is 0.0455. The molecule has 0 saturated heterocycles. The number of benzene rings is 1. The molecule has 3 heterocycles. The highest BCUT2D eigenvalue weighted by molar-refractivity contribution is 5.65. The van der Waals surface area contributed by atoms with Gasteiger partial charge in [-0.2, -0.15) is 0 Å². The van der Waals surface area contributed by atoms with Gasteiger partial charge in [0, 0.05) is 30.5 Å². The number of pyridine rings is 3. The normalized spacial score (nSPS) is 10.8. The summed E-state index contributed by atoms with van der Waals surface area (Å²) in [6.45, 7) is 0. The van der Waals surface area contributed by atoms with Gasteiger partial charge in [0.2, 0.25) is 0 Å². The first-order valence-corrected chi connectivity index (χ1v) is 8.79. The van der Waals surface area contributed by atoms with Crippen molar-refractivity contribution in [1.29, 1.82) is 0 Å². The molecule has 5 nitrogen and oxygen atoms in total. The fourth-order valence-electron chi connectivity index (χ4n) is 3.16. The Morgan fingerprint density at radius 2 is 1.43 bits per heavy atom. The standard InChI is InChI=1S/C22H18FN5/c23-18-8-10-19(11-9-18)28(21-7-1-6-20(24)27-21)22(16-4-2-12-25-14-16)17-5-3-13-26-15-17/h1-15,22H,(H2,24,27). The van der Waals surface area contributed by atoms with Crippen molar-refractivity contribution in [3.63, 3.8) is 0 Å². The quantitative estimate of drug-likeness (QED) is 0.559. The van der Waals surface area contributed by atoms with Crippen LogP contribution in [0.4, 0.5) is 21.7 Å². The lowest BCUT2D eigenvalue weighted by Crippen LogP contribution is -2.26. The summed E-state index contributed by atoms with van der Waals surface area (Å²) in [6.07, 6.45) is 7.07. The van der Waals surface area contributed by atoms with Crippen LogP contribution in [0.15, 0.2) is 91.5 Å². The summed E-state index contributed by atoms with van der Waals surface area (Å²) in [7, 11) is 0. The molecule has 0 spiro atoms. The molecule has 2 N–H and O–H groups in total. The van der Waals surface area contributed by atoms with E-state index in [0.29, 0.717) is 11.6 Å². The zero-order valence-electron chi connectivity index (χ0n) is 15.0. The topological polar surface area (TPSA) is 67.9 Å². The summed E-state index contributed by atoms with van der Waals surface area (Å²) >= 11 is 0. The van der Waals surface area contributed by atoms with Crippen LogP contribution in [-0.2, 0) is 0 Å². The molecule has 0 atom stereocenters. The first-order chi connectivity index (χ1) is 13.7. The molecule has 0 bridgehead atoms. The largest absolute Gasteiger partial charge is 0.384 e. The second-order valence-electron chi connectivity index (χ2n) is 6.24. The molecule has 0 amide bonds. The Labute approximate surface area is 162 Å². The highest BCUT2D eigenvalue weighted by Gasteiger charge is 2.26. The molecule has 0 unspecified atom stereocenters. The van der Waals surface area contributed by atoms with Crippen LogP contribution in [0.5, 0.6) is 0 Å². The molecule has 1 aromatic carbocycles. The molecule has 6 heteroatoms. The number of nitrogens with two attached hydrogens (primary N) is 1. The molecule has 3 aromatic heterocycles. The first kappa shape index (κ1) is 17.6. The highest BCUT2D eigenvalue weighted by Crippen LogP contribution is 2.38. The number of anilines is 3. The number of halogens is 1. The van der Waals surface area contributed by atoms with Crippen molar-refractivity contribution in [3.05, 3.63) is 108 Å². The van der Waals surface area contributed by atoms with Gasteiger partial charge in [0.1, 0.15) is 17.5 Å². The van der Waals surface area contributed by atoms with Crippen molar-refractivity contribution < 1.29 is 4.39 Å². The Morgan fingerprint density at radius 3 is 1.96 bits per heavy atom. The van der Waals surface area contributed by atoms with Crippen LogP contribution >= 0.6 is 0 Å². The van der Waals surface area contributed by atoms with Crippen LogP contribution in [0.2, 0.25) is 0 Å². The molecule has 0 radical (unpaired) electrons. The average Bonchev–Trinajstić information content (AvgIpc) is 2.74. The van der Waals surface area contributed by atoms with E-state index in [0.717, 1.165) is 16.8 Å². The molecule has 0 aliphatic rings. The lowest BCUT2D eigenvalue weighted by molar-refractivity contribution is 0.627. The zero-order chi connectivity index (χ0) is 19.3. The molecule has 138 valence electrons. The minimum absolute atomic E-state index is 0.276. The Balaban J connectivity index is 1.94. The second-order valence-corrected chi connectivity index (χ2v) is 6.24. The van der Waals surface area contributed by atoms with E-state index >= 15 is 0 Å². The van der Waals surface area contributed by atoms with E-state index in [-0.39, 0.29) is 11.9 Å². The van der Waals surface area contributed by atoms with E-state index in [1.165, 1.54) is 12.1 Å². The third-order valence-electron chi connectivity index (χ3n) is 4.37. The molecule has 0 fully saturated rings. The van der Waals surface area contributed by atoms with Gasteiger partial charge < -0.3 is 10.6 Å². The minimum Gasteiger partial charge on any atom is -0.384 e. The highest BCUT2D eigenvalue weighted by atomic mass is 19.1. The van der Waals surface area contributed by atoms with Crippen molar-refractivity contribution in [1.82, 2.24) is 15.0 Å². The number of rotatable bonds is 5. The molecule has 4 rings (SSSR count). The van der Waals surface area contributed by atoms with Crippen LogP contribution in [-0.4, -0.2) is 15.0 Å². The first-order valence-electron chi connectivity index (χ1n) is 8.79. The Kier molecular flexibility index (Phi) is 4.93. The van der Waals surface area contributed by atoms with Gasteiger partial charge in [0.25, 0.3) is 0 Å². The summed E-state index contributed by atoms with van der Waals surface area (Å²) in [5, 5.41) is 0. The van der Waals surface area contributed by atoms with Crippen LogP contribution in [0.3, 0.4) is 0 Å². The second kappa shape index (κ2) is 7.84. The molecular formula is C22H18FN5. The number of aromatic nitrogens is 3. The molecule has 28 heavy (non-hydrogen) atoms. The van der Waals surface area contributed by atoms with Crippen molar-refractivity contribution in [2.75, 3.05) is 10.6 Å². The Morgan fingerprint density at radius 1 is 0.786 bits per heavy atom. The van der Waals surface area contributed by atoms with Crippen molar-refractivity contribution >= 4 is 17.3 Å². The molecule has 0 saturated carbocycles. The molecule has 4 aromatic rings. The van der Waals surface area contributed by atoms with Gasteiger partial charge >= 0.3 is 0 Å². The van der Waals surface area contributed by atoms with Crippen LogP contribution < -0.4 is 10.6 Å².